The van der Waals surface area contributed by atoms with Crippen molar-refractivity contribution in [2.75, 3.05) is 6.79 Å². The lowest BCUT2D eigenvalue weighted by Crippen LogP contribution is -2.35. The van der Waals surface area contributed by atoms with E-state index in [1.807, 2.05) is 0 Å². The quantitative estimate of drug-likeness (QED) is 0.440. The molecule has 2 aromatic heterocycles. The molecule has 0 saturated heterocycles. The predicted molar refractivity (Wildman–Crippen MR) is 119 cm³/mol. The maximum absolute atomic E-state index is 14.0. The molecule has 34 heavy (non-hydrogen) atoms. The summed E-state index contributed by atoms with van der Waals surface area (Å²) >= 11 is 0. The summed E-state index contributed by atoms with van der Waals surface area (Å²) in [5, 5.41) is 4.29. The minimum atomic E-state index is -0.649. The van der Waals surface area contributed by atoms with Crippen LogP contribution in [0.4, 0.5) is 4.39 Å². The molecule has 0 aliphatic carbocycles. The fraction of sp³-hybridized carbons (Fsp3) is 0.0833. The highest BCUT2D eigenvalue weighted by atomic mass is 19.1. The van der Waals surface area contributed by atoms with E-state index < -0.39 is 17.1 Å². The maximum atomic E-state index is 14.0. The molecule has 0 bridgehead atoms. The van der Waals surface area contributed by atoms with E-state index in [-0.39, 0.29) is 30.2 Å². The van der Waals surface area contributed by atoms with Crippen LogP contribution in [0.25, 0.3) is 33.7 Å². The van der Waals surface area contributed by atoms with Gasteiger partial charge in [0.15, 0.2) is 11.5 Å². The molecule has 1 aliphatic heterocycles. The summed E-state index contributed by atoms with van der Waals surface area (Å²) in [5.74, 6) is 1.32. The van der Waals surface area contributed by atoms with E-state index in [2.05, 4.69) is 15.1 Å². The Hall–Kier alpha value is -4.73. The van der Waals surface area contributed by atoms with Gasteiger partial charge in [-0.2, -0.15) is 4.98 Å². The number of nitrogens with one attached hydrogen (secondary N) is 1. The molecule has 0 amide bonds. The van der Waals surface area contributed by atoms with Gasteiger partial charge in [0, 0.05) is 16.7 Å². The Bertz CT molecular complexity index is 1690. The number of H-pyrrole nitrogens is 1. The molecular formula is C24H15FN4O5. The fourth-order valence-electron chi connectivity index (χ4n) is 3.82. The van der Waals surface area contributed by atoms with E-state index in [0.717, 1.165) is 4.57 Å². The van der Waals surface area contributed by atoms with Crippen molar-refractivity contribution < 1.29 is 18.4 Å². The van der Waals surface area contributed by atoms with Gasteiger partial charge in [0.2, 0.25) is 12.6 Å². The number of aromatic amines is 1. The van der Waals surface area contributed by atoms with Gasteiger partial charge in [0.05, 0.1) is 17.4 Å². The first-order chi connectivity index (χ1) is 16.6. The third kappa shape index (κ3) is 3.32. The number of benzene rings is 3. The molecule has 0 radical (unpaired) electrons. The van der Waals surface area contributed by atoms with Gasteiger partial charge in [-0.05, 0) is 42.5 Å². The van der Waals surface area contributed by atoms with Crippen LogP contribution in [0.3, 0.4) is 0 Å². The zero-order valence-electron chi connectivity index (χ0n) is 17.4. The van der Waals surface area contributed by atoms with Crippen molar-refractivity contribution in [1.82, 2.24) is 19.7 Å². The van der Waals surface area contributed by atoms with Gasteiger partial charge in [-0.25, -0.2) is 9.18 Å². The Labute approximate surface area is 190 Å². The largest absolute Gasteiger partial charge is 0.454 e. The minimum absolute atomic E-state index is 0.160. The monoisotopic (exact) mass is 458 g/mol. The van der Waals surface area contributed by atoms with E-state index in [1.165, 1.54) is 12.1 Å². The molecule has 9 nitrogen and oxygen atoms in total. The van der Waals surface area contributed by atoms with Gasteiger partial charge in [0.1, 0.15) is 5.82 Å². The van der Waals surface area contributed by atoms with Crippen molar-refractivity contribution >= 4 is 10.9 Å². The lowest BCUT2D eigenvalue weighted by Gasteiger charge is -2.08. The molecule has 6 rings (SSSR count). The van der Waals surface area contributed by atoms with E-state index in [4.69, 9.17) is 14.0 Å². The van der Waals surface area contributed by atoms with Gasteiger partial charge >= 0.3 is 5.69 Å². The Balaban J connectivity index is 1.36. The summed E-state index contributed by atoms with van der Waals surface area (Å²) in [6, 6.07) is 16.1. The van der Waals surface area contributed by atoms with E-state index >= 15 is 0 Å². The van der Waals surface area contributed by atoms with Crippen molar-refractivity contribution in [2.45, 2.75) is 6.54 Å². The highest BCUT2D eigenvalue weighted by Gasteiger charge is 2.18. The molecule has 1 N–H and O–H groups in total. The highest BCUT2D eigenvalue weighted by molar-refractivity contribution is 5.82. The topological polar surface area (TPSA) is 112 Å². The first-order valence-corrected chi connectivity index (χ1v) is 10.3. The Morgan fingerprint density at radius 3 is 2.68 bits per heavy atom. The summed E-state index contributed by atoms with van der Waals surface area (Å²) in [4.78, 5) is 32.7. The molecule has 0 fully saturated rings. The number of rotatable bonds is 4. The number of nitrogens with zero attached hydrogens (tertiary/aromatic N) is 3. The summed E-state index contributed by atoms with van der Waals surface area (Å²) in [7, 11) is 0. The highest BCUT2D eigenvalue weighted by Crippen LogP contribution is 2.35. The average Bonchev–Trinajstić information content (AvgIpc) is 3.52. The molecule has 3 aromatic carbocycles. The van der Waals surface area contributed by atoms with Crippen LogP contribution < -0.4 is 20.7 Å². The number of halogens is 1. The summed E-state index contributed by atoms with van der Waals surface area (Å²) in [6.45, 7) is -0.0192. The van der Waals surface area contributed by atoms with Crippen LogP contribution in [0, 0.1) is 5.82 Å². The van der Waals surface area contributed by atoms with E-state index in [1.54, 1.807) is 48.5 Å². The summed E-state index contributed by atoms with van der Waals surface area (Å²) < 4.78 is 31.1. The Kier molecular flexibility index (Phi) is 4.51. The second kappa shape index (κ2) is 7.69. The number of hydrogen-bond donors (Lipinski definition) is 1. The van der Waals surface area contributed by atoms with Crippen LogP contribution in [0.1, 0.15) is 5.56 Å². The second-order valence-corrected chi connectivity index (χ2v) is 7.66. The number of ether oxygens (including phenoxy) is 2. The summed E-state index contributed by atoms with van der Waals surface area (Å²) in [5.41, 5.74) is 0.580. The predicted octanol–water partition coefficient (Wildman–Crippen LogP) is 3.32. The number of hydrogen-bond acceptors (Lipinski definition) is 7. The Morgan fingerprint density at radius 2 is 1.79 bits per heavy atom. The molecular weight excluding hydrogens is 443 g/mol. The van der Waals surface area contributed by atoms with Crippen molar-refractivity contribution in [3.63, 3.8) is 0 Å². The molecule has 5 aromatic rings. The summed E-state index contributed by atoms with van der Waals surface area (Å²) in [6.07, 6.45) is 0. The number of fused-ring (bicyclic) bond motifs is 2. The molecule has 0 saturated carbocycles. The normalized spacial score (nSPS) is 12.4. The average molecular weight is 458 g/mol. The SMILES string of the molecule is O=c1[nH]c2cc(-c3nc(-c4ccc5c(c4)OCO5)no3)ccc2c(=O)n1Cc1ccccc1F. The van der Waals surface area contributed by atoms with E-state index in [9.17, 15) is 14.0 Å². The van der Waals surface area contributed by atoms with Crippen molar-refractivity contribution in [3.05, 3.63) is 92.9 Å². The molecule has 0 unspecified atom stereocenters. The zero-order chi connectivity index (χ0) is 23.2. The van der Waals surface area contributed by atoms with Crippen LogP contribution in [0.5, 0.6) is 11.5 Å². The van der Waals surface area contributed by atoms with Crippen LogP contribution in [0.15, 0.2) is 74.8 Å². The lowest BCUT2D eigenvalue weighted by molar-refractivity contribution is 0.174. The van der Waals surface area contributed by atoms with Gasteiger partial charge in [0.25, 0.3) is 11.4 Å². The van der Waals surface area contributed by atoms with Crippen LogP contribution in [-0.2, 0) is 6.54 Å². The van der Waals surface area contributed by atoms with Crippen LogP contribution in [-0.4, -0.2) is 26.5 Å². The molecule has 1 aliphatic rings. The zero-order valence-corrected chi connectivity index (χ0v) is 17.4. The third-order valence-electron chi connectivity index (χ3n) is 5.57. The minimum Gasteiger partial charge on any atom is -0.454 e. The molecule has 0 atom stereocenters. The second-order valence-electron chi connectivity index (χ2n) is 7.66. The van der Waals surface area contributed by atoms with Crippen molar-refractivity contribution in [2.24, 2.45) is 0 Å². The maximum Gasteiger partial charge on any atom is 0.329 e. The molecule has 3 heterocycles. The number of aromatic nitrogens is 4. The first-order valence-electron chi connectivity index (χ1n) is 10.3. The smallest absolute Gasteiger partial charge is 0.329 e. The third-order valence-corrected chi connectivity index (χ3v) is 5.57. The van der Waals surface area contributed by atoms with Crippen molar-refractivity contribution in [1.29, 1.82) is 0 Å². The lowest BCUT2D eigenvalue weighted by atomic mass is 10.1. The first kappa shape index (κ1) is 19.9. The Morgan fingerprint density at radius 1 is 0.971 bits per heavy atom. The van der Waals surface area contributed by atoms with Crippen molar-refractivity contribution in [3.8, 4) is 34.3 Å². The van der Waals surface area contributed by atoms with E-state index in [0.29, 0.717) is 34.0 Å². The van der Waals surface area contributed by atoms with Gasteiger partial charge < -0.3 is 19.0 Å². The van der Waals surface area contributed by atoms with Crippen LogP contribution >= 0.6 is 0 Å². The van der Waals surface area contributed by atoms with Gasteiger partial charge in [-0.1, -0.05) is 23.4 Å². The van der Waals surface area contributed by atoms with Gasteiger partial charge in [-0.3, -0.25) is 9.36 Å². The molecule has 168 valence electrons. The van der Waals surface area contributed by atoms with Gasteiger partial charge in [-0.15, -0.1) is 0 Å². The molecule has 0 spiro atoms. The van der Waals surface area contributed by atoms with Crippen LogP contribution in [0.2, 0.25) is 0 Å². The molecule has 10 heteroatoms. The fourth-order valence-corrected chi connectivity index (χ4v) is 3.82. The standard InChI is InChI=1S/C24H15FN4O5/c25-17-4-2-1-3-15(17)11-29-23(30)16-7-5-14(9-18(16)26-24(29)31)22-27-21(28-34-22)13-6-8-19-20(10-13)33-12-32-19/h1-10H,11-12H2,(H,26,31).